The van der Waals surface area contributed by atoms with E-state index in [-0.39, 0.29) is 18.5 Å². The van der Waals surface area contributed by atoms with Crippen LogP contribution in [-0.2, 0) is 22.6 Å². The summed E-state index contributed by atoms with van der Waals surface area (Å²) in [5.74, 6) is -0.0155. The van der Waals surface area contributed by atoms with Crippen molar-refractivity contribution in [2.24, 2.45) is 0 Å². The van der Waals surface area contributed by atoms with Crippen LogP contribution in [0.2, 0.25) is 5.02 Å². The first-order valence-corrected chi connectivity index (χ1v) is 10.1. The van der Waals surface area contributed by atoms with Gasteiger partial charge in [0, 0.05) is 37.2 Å². The van der Waals surface area contributed by atoms with Gasteiger partial charge in [0.2, 0.25) is 5.91 Å². The van der Waals surface area contributed by atoms with Crippen molar-refractivity contribution in [3.05, 3.63) is 70.2 Å². The predicted octanol–water partition coefficient (Wildman–Crippen LogP) is 3.14. The minimum atomic E-state index is -0.0155. The molecule has 1 heterocycles. The molecule has 28 heavy (non-hydrogen) atoms. The zero-order valence-electron chi connectivity index (χ0n) is 16.3. The van der Waals surface area contributed by atoms with Crippen LogP contribution < -0.4 is 10.6 Å². The Morgan fingerprint density at radius 2 is 1.71 bits per heavy atom. The van der Waals surface area contributed by atoms with Crippen LogP contribution in [0.3, 0.4) is 0 Å². The van der Waals surface area contributed by atoms with Gasteiger partial charge in [-0.3, -0.25) is 9.69 Å². The Bertz CT molecular complexity index is 743. The highest BCUT2D eigenvalue weighted by Gasteiger charge is 2.11. The van der Waals surface area contributed by atoms with Gasteiger partial charge in [-0.05, 0) is 35.7 Å². The van der Waals surface area contributed by atoms with Gasteiger partial charge in [0.25, 0.3) is 0 Å². The summed E-state index contributed by atoms with van der Waals surface area (Å²) < 4.78 is 5.38. The zero-order chi connectivity index (χ0) is 19.8. The number of amides is 1. The number of carbonyl (C=O) groups is 1. The molecule has 3 rings (SSSR count). The minimum Gasteiger partial charge on any atom is -0.379 e. The van der Waals surface area contributed by atoms with Crippen molar-refractivity contribution in [2.45, 2.75) is 26.1 Å². The molecule has 1 aliphatic rings. The van der Waals surface area contributed by atoms with Crippen LogP contribution in [0.25, 0.3) is 0 Å². The number of carbonyl (C=O) groups excluding carboxylic acids is 1. The molecule has 0 aliphatic carbocycles. The molecule has 6 heteroatoms. The van der Waals surface area contributed by atoms with E-state index in [1.807, 2.05) is 31.2 Å². The summed E-state index contributed by atoms with van der Waals surface area (Å²) in [7, 11) is 0. The molecule has 0 spiro atoms. The number of benzene rings is 2. The van der Waals surface area contributed by atoms with E-state index >= 15 is 0 Å². The van der Waals surface area contributed by atoms with Gasteiger partial charge in [0.05, 0.1) is 19.8 Å². The van der Waals surface area contributed by atoms with Crippen molar-refractivity contribution >= 4 is 17.5 Å². The van der Waals surface area contributed by atoms with E-state index < -0.39 is 0 Å². The summed E-state index contributed by atoms with van der Waals surface area (Å²) >= 11 is 5.91. The highest BCUT2D eigenvalue weighted by molar-refractivity contribution is 6.30. The number of hydrogen-bond donors (Lipinski definition) is 2. The Kier molecular flexibility index (Phi) is 7.86. The Balaban J connectivity index is 1.38. The SMILES string of the molecule is C[C@H](NCC(=O)NCc1ccc(CN2CCOCC2)cc1)c1ccc(Cl)cc1. The molecule has 5 nitrogen and oxygen atoms in total. The third-order valence-electron chi connectivity index (χ3n) is 4.96. The zero-order valence-corrected chi connectivity index (χ0v) is 17.0. The first-order chi connectivity index (χ1) is 13.6. The average Bonchev–Trinajstić information content (AvgIpc) is 2.73. The number of hydrogen-bond acceptors (Lipinski definition) is 4. The van der Waals surface area contributed by atoms with Gasteiger partial charge in [-0.15, -0.1) is 0 Å². The monoisotopic (exact) mass is 401 g/mol. The fourth-order valence-electron chi connectivity index (χ4n) is 3.16. The van der Waals surface area contributed by atoms with Gasteiger partial charge in [-0.25, -0.2) is 0 Å². The average molecular weight is 402 g/mol. The van der Waals surface area contributed by atoms with Gasteiger partial charge in [-0.2, -0.15) is 0 Å². The normalized spacial score (nSPS) is 15.9. The second kappa shape index (κ2) is 10.6. The highest BCUT2D eigenvalue weighted by atomic mass is 35.5. The van der Waals surface area contributed by atoms with E-state index in [0.717, 1.165) is 44.0 Å². The number of halogens is 1. The fraction of sp³-hybridized carbons (Fsp3) is 0.409. The van der Waals surface area contributed by atoms with Gasteiger partial charge < -0.3 is 15.4 Å². The minimum absolute atomic E-state index is 0.0155. The van der Waals surface area contributed by atoms with E-state index in [0.29, 0.717) is 11.6 Å². The third-order valence-corrected chi connectivity index (χ3v) is 5.21. The molecule has 2 aromatic carbocycles. The van der Waals surface area contributed by atoms with Gasteiger partial charge in [0.15, 0.2) is 0 Å². The third kappa shape index (κ3) is 6.60. The van der Waals surface area contributed by atoms with Gasteiger partial charge >= 0.3 is 0 Å². The maximum Gasteiger partial charge on any atom is 0.234 e. The van der Waals surface area contributed by atoms with Gasteiger partial charge in [-0.1, -0.05) is 48.0 Å². The molecular weight excluding hydrogens is 374 g/mol. The molecule has 0 saturated carbocycles. The Morgan fingerprint density at radius 1 is 1.07 bits per heavy atom. The summed E-state index contributed by atoms with van der Waals surface area (Å²) in [6, 6.07) is 16.2. The number of ether oxygens (including phenoxy) is 1. The lowest BCUT2D eigenvalue weighted by molar-refractivity contribution is -0.120. The van der Waals surface area contributed by atoms with E-state index in [2.05, 4.69) is 39.8 Å². The first kappa shape index (κ1) is 20.8. The van der Waals surface area contributed by atoms with E-state index in [1.54, 1.807) is 0 Å². The largest absolute Gasteiger partial charge is 0.379 e. The molecule has 0 aromatic heterocycles. The van der Waals surface area contributed by atoms with Crippen LogP contribution in [0.1, 0.15) is 29.7 Å². The maximum atomic E-state index is 12.1. The second-order valence-corrected chi connectivity index (χ2v) is 7.57. The topological polar surface area (TPSA) is 53.6 Å². The molecule has 1 aliphatic heterocycles. The number of nitrogens with zero attached hydrogens (tertiary/aromatic N) is 1. The lowest BCUT2D eigenvalue weighted by Crippen LogP contribution is -2.35. The molecular formula is C22H28ClN3O2. The van der Waals surface area contributed by atoms with Crippen molar-refractivity contribution in [3.63, 3.8) is 0 Å². The van der Waals surface area contributed by atoms with Crippen molar-refractivity contribution < 1.29 is 9.53 Å². The van der Waals surface area contributed by atoms with E-state index in [4.69, 9.17) is 16.3 Å². The highest BCUT2D eigenvalue weighted by Crippen LogP contribution is 2.15. The van der Waals surface area contributed by atoms with Crippen LogP contribution in [0, 0.1) is 0 Å². The predicted molar refractivity (Wildman–Crippen MR) is 112 cm³/mol. The Morgan fingerprint density at radius 3 is 2.39 bits per heavy atom. The van der Waals surface area contributed by atoms with E-state index in [9.17, 15) is 4.79 Å². The molecule has 0 bridgehead atoms. The smallest absolute Gasteiger partial charge is 0.234 e. The standard InChI is InChI=1S/C22H28ClN3O2/c1-17(20-6-8-21(23)9-7-20)24-15-22(27)25-14-18-2-4-19(5-3-18)16-26-10-12-28-13-11-26/h2-9,17,24H,10-16H2,1H3,(H,25,27)/t17-/m0/s1. The summed E-state index contributed by atoms with van der Waals surface area (Å²) in [5.41, 5.74) is 3.49. The number of rotatable bonds is 8. The van der Waals surface area contributed by atoms with Crippen LogP contribution >= 0.6 is 11.6 Å². The molecule has 0 unspecified atom stereocenters. The molecule has 2 aromatic rings. The second-order valence-electron chi connectivity index (χ2n) is 7.14. The summed E-state index contributed by atoms with van der Waals surface area (Å²) in [5, 5.41) is 6.92. The maximum absolute atomic E-state index is 12.1. The van der Waals surface area contributed by atoms with Crippen LogP contribution in [0.4, 0.5) is 0 Å². The van der Waals surface area contributed by atoms with Crippen molar-refractivity contribution in [1.82, 2.24) is 15.5 Å². The molecule has 2 N–H and O–H groups in total. The molecule has 150 valence electrons. The van der Waals surface area contributed by atoms with Crippen LogP contribution in [0.5, 0.6) is 0 Å². The molecule has 1 amide bonds. The Labute approximate surface area is 172 Å². The van der Waals surface area contributed by atoms with Crippen LogP contribution in [0.15, 0.2) is 48.5 Å². The fourth-order valence-corrected chi connectivity index (χ4v) is 3.28. The van der Waals surface area contributed by atoms with E-state index in [1.165, 1.54) is 5.56 Å². The van der Waals surface area contributed by atoms with Crippen molar-refractivity contribution in [1.29, 1.82) is 0 Å². The molecule has 1 atom stereocenters. The lowest BCUT2D eigenvalue weighted by Gasteiger charge is -2.26. The molecule has 1 saturated heterocycles. The summed E-state index contributed by atoms with van der Waals surface area (Å²) in [6.07, 6.45) is 0. The quantitative estimate of drug-likeness (QED) is 0.713. The summed E-state index contributed by atoms with van der Waals surface area (Å²) in [6.45, 7) is 7.39. The number of nitrogens with one attached hydrogen (secondary N) is 2. The van der Waals surface area contributed by atoms with Crippen molar-refractivity contribution in [2.75, 3.05) is 32.8 Å². The lowest BCUT2D eigenvalue weighted by atomic mass is 10.1. The number of morpholine rings is 1. The van der Waals surface area contributed by atoms with Crippen molar-refractivity contribution in [3.8, 4) is 0 Å². The molecule has 1 fully saturated rings. The first-order valence-electron chi connectivity index (χ1n) is 9.73. The van der Waals surface area contributed by atoms with Gasteiger partial charge in [0.1, 0.15) is 0 Å². The molecule has 0 radical (unpaired) electrons. The summed E-state index contributed by atoms with van der Waals surface area (Å²) in [4.78, 5) is 14.5. The Hall–Kier alpha value is -1.92. The van der Waals surface area contributed by atoms with Crippen LogP contribution in [-0.4, -0.2) is 43.7 Å².